The van der Waals surface area contributed by atoms with Gasteiger partial charge < -0.3 is 16.6 Å². The van der Waals surface area contributed by atoms with Crippen LogP contribution in [0.5, 0.6) is 5.75 Å². The number of phenolic OH excluding ortho intramolecular Hbond substituents is 1. The van der Waals surface area contributed by atoms with E-state index in [2.05, 4.69) is 0 Å². The first-order valence-electron chi connectivity index (χ1n) is 4.79. The van der Waals surface area contributed by atoms with E-state index in [0.717, 1.165) is 11.1 Å². The molecule has 1 aromatic rings. The van der Waals surface area contributed by atoms with Gasteiger partial charge in [-0.1, -0.05) is 6.07 Å². The van der Waals surface area contributed by atoms with Crippen LogP contribution in [0.2, 0.25) is 0 Å². The third-order valence-corrected chi connectivity index (χ3v) is 2.35. The number of rotatable bonds is 4. The summed E-state index contributed by atoms with van der Waals surface area (Å²) in [5.41, 5.74) is 12.0. The predicted octanol–water partition coefficient (Wildman–Crippen LogP) is -0.375. The van der Waals surface area contributed by atoms with Crippen molar-refractivity contribution in [3.05, 3.63) is 29.3 Å². The number of carbonyl (C=O) groups excluding carboxylic acids is 2. The highest BCUT2D eigenvalue weighted by Gasteiger charge is 2.19. The van der Waals surface area contributed by atoms with Gasteiger partial charge in [-0.2, -0.15) is 0 Å². The summed E-state index contributed by atoms with van der Waals surface area (Å²) in [6.45, 7) is 1.79. The number of aryl methyl sites for hydroxylation is 1. The third kappa shape index (κ3) is 2.80. The molecule has 0 aliphatic heterocycles. The highest BCUT2D eigenvalue weighted by atomic mass is 16.3. The quantitative estimate of drug-likeness (QED) is 0.604. The van der Waals surface area contributed by atoms with E-state index in [9.17, 15) is 14.7 Å². The Morgan fingerprint density at radius 3 is 2.56 bits per heavy atom. The zero-order valence-corrected chi connectivity index (χ0v) is 8.93. The van der Waals surface area contributed by atoms with E-state index >= 15 is 0 Å². The number of primary amides is 1. The lowest BCUT2D eigenvalue weighted by Crippen LogP contribution is -2.41. The zero-order chi connectivity index (χ0) is 12.3. The molecule has 0 aromatic heterocycles. The van der Waals surface area contributed by atoms with Crippen molar-refractivity contribution in [3.8, 4) is 5.75 Å². The summed E-state index contributed by atoms with van der Waals surface area (Å²) in [5, 5.41) is 9.20. The summed E-state index contributed by atoms with van der Waals surface area (Å²) in [7, 11) is 0. The van der Waals surface area contributed by atoms with Gasteiger partial charge in [0.05, 0.1) is 6.04 Å². The van der Waals surface area contributed by atoms with Crippen molar-refractivity contribution < 1.29 is 14.7 Å². The number of aromatic hydroxyl groups is 1. The second-order valence-electron chi connectivity index (χ2n) is 3.65. The molecule has 0 fully saturated rings. The summed E-state index contributed by atoms with van der Waals surface area (Å²) in [6, 6.07) is 3.81. The van der Waals surface area contributed by atoms with E-state index in [0.29, 0.717) is 0 Å². The van der Waals surface area contributed by atoms with Crippen LogP contribution in [0.3, 0.4) is 0 Å². The Balaban J connectivity index is 2.81. The summed E-state index contributed by atoms with van der Waals surface area (Å²) in [5.74, 6) is -1.66. The maximum Gasteiger partial charge on any atom is 0.286 e. The van der Waals surface area contributed by atoms with Crippen molar-refractivity contribution in [2.75, 3.05) is 0 Å². The lowest BCUT2D eigenvalue weighted by atomic mass is 9.99. The molecule has 5 N–H and O–H groups in total. The summed E-state index contributed by atoms with van der Waals surface area (Å²) in [6.07, 6.45) is 0.230. The number of carbonyl (C=O) groups is 2. The van der Waals surface area contributed by atoms with Crippen molar-refractivity contribution in [1.29, 1.82) is 0 Å². The van der Waals surface area contributed by atoms with E-state index in [1.807, 2.05) is 0 Å². The molecule has 0 unspecified atom stereocenters. The molecular formula is C11H14N2O3. The van der Waals surface area contributed by atoms with E-state index in [4.69, 9.17) is 11.5 Å². The molecule has 1 aromatic carbocycles. The molecule has 0 saturated carbocycles. The number of phenols is 1. The highest BCUT2D eigenvalue weighted by Crippen LogP contribution is 2.16. The number of hydrogen-bond acceptors (Lipinski definition) is 4. The van der Waals surface area contributed by atoms with Crippen LogP contribution >= 0.6 is 0 Å². The monoisotopic (exact) mass is 222 g/mol. The van der Waals surface area contributed by atoms with Crippen LogP contribution in [0.25, 0.3) is 0 Å². The van der Waals surface area contributed by atoms with Crippen LogP contribution in [0.15, 0.2) is 18.2 Å². The highest BCUT2D eigenvalue weighted by molar-refractivity contribution is 6.37. The van der Waals surface area contributed by atoms with E-state index < -0.39 is 17.7 Å². The number of amides is 1. The average molecular weight is 222 g/mol. The van der Waals surface area contributed by atoms with Gasteiger partial charge in [0.25, 0.3) is 5.91 Å². The fourth-order valence-corrected chi connectivity index (χ4v) is 1.42. The van der Waals surface area contributed by atoms with Crippen LogP contribution in [-0.2, 0) is 16.0 Å². The van der Waals surface area contributed by atoms with Crippen LogP contribution in [0.4, 0.5) is 0 Å². The summed E-state index contributed by atoms with van der Waals surface area (Å²) < 4.78 is 0. The Kier molecular flexibility index (Phi) is 3.63. The molecule has 0 aliphatic rings. The van der Waals surface area contributed by atoms with Crippen molar-refractivity contribution >= 4 is 11.7 Å². The second-order valence-corrected chi connectivity index (χ2v) is 3.65. The number of ketones is 1. The molecule has 5 heteroatoms. The topological polar surface area (TPSA) is 106 Å². The molecule has 1 atom stereocenters. The van der Waals surface area contributed by atoms with E-state index in [1.165, 1.54) is 6.07 Å². The van der Waals surface area contributed by atoms with Crippen LogP contribution in [0.1, 0.15) is 11.1 Å². The van der Waals surface area contributed by atoms with Crippen molar-refractivity contribution in [2.24, 2.45) is 11.5 Å². The molecule has 16 heavy (non-hydrogen) atoms. The Morgan fingerprint density at radius 2 is 2.06 bits per heavy atom. The molecule has 0 spiro atoms. The molecule has 1 rings (SSSR count). The molecule has 0 radical (unpaired) electrons. The third-order valence-electron chi connectivity index (χ3n) is 2.35. The Bertz CT molecular complexity index is 429. The van der Waals surface area contributed by atoms with Gasteiger partial charge in [-0.25, -0.2) is 0 Å². The number of nitrogens with two attached hydrogens (primary N) is 2. The van der Waals surface area contributed by atoms with E-state index in [-0.39, 0.29) is 12.2 Å². The summed E-state index contributed by atoms with van der Waals surface area (Å²) in [4.78, 5) is 21.8. The molecule has 0 bridgehead atoms. The van der Waals surface area contributed by atoms with Gasteiger partial charge in [-0.05, 0) is 36.6 Å². The Hall–Kier alpha value is -1.88. The molecular weight excluding hydrogens is 208 g/mol. The van der Waals surface area contributed by atoms with Crippen LogP contribution in [0, 0.1) is 6.92 Å². The SMILES string of the molecule is Cc1cc(O)ccc1C[C@H](N)C(=O)C(N)=O. The summed E-state index contributed by atoms with van der Waals surface area (Å²) >= 11 is 0. The molecule has 1 amide bonds. The largest absolute Gasteiger partial charge is 0.508 e. The Labute approximate surface area is 93.1 Å². The van der Waals surface area contributed by atoms with Gasteiger partial charge in [0.2, 0.25) is 5.78 Å². The van der Waals surface area contributed by atoms with Gasteiger partial charge in [0.1, 0.15) is 5.75 Å². The molecule has 0 heterocycles. The normalized spacial score (nSPS) is 12.1. The first kappa shape index (κ1) is 12.2. The average Bonchev–Trinajstić information content (AvgIpc) is 2.20. The van der Waals surface area contributed by atoms with Gasteiger partial charge in [-0.15, -0.1) is 0 Å². The number of hydrogen-bond donors (Lipinski definition) is 3. The van der Waals surface area contributed by atoms with E-state index in [1.54, 1.807) is 19.1 Å². The lowest BCUT2D eigenvalue weighted by molar-refractivity contribution is -0.136. The number of Topliss-reactive ketones (excluding diaryl/α,β-unsaturated/α-hetero) is 1. The fourth-order valence-electron chi connectivity index (χ4n) is 1.42. The van der Waals surface area contributed by atoms with Crippen molar-refractivity contribution in [2.45, 2.75) is 19.4 Å². The zero-order valence-electron chi connectivity index (χ0n) is 8.93. The molecule has 0 aliphatic carbocycles. The fraction of sp³-hybridized carbons (Fsp3) is 0.273. The lowest BCUT2D eigenvalue weighted by Gasteiger charge is -2.10. The minimum Gasteiger partial charge on any atom is -0.508 e. The maximum absolute atomic E-state index is 11.2. The smallest absolute Gasteiger partial charge is 0.286 e. The second kappa shape index (κ2) is 4.76. The van der Waals surface area contributed by atoms with Crippen LogP contribution in [-0.4, -0.2) is 22.8 Å². The van der Waals surface area contributed by atoms with Crippen molar-refractivity contribution in [3.63, 3.8) is 0 Å². The molecule has 5 nitrogen and oxygen atoms in total. The minimum absolute atomic E-state index is 0.149. The van der Waals surface area contributed by atoms with Crippen LogP contribution < -0.4 is 11.5 Å². The standard InChI is InChI=1S/C11H14N2O3/c1-6-4-8(14)3-2-7(6)5-9(12)10(15)11(13)16/h2-4,9,14H,5,12H2,1H3,(H2,13,16)/t9-/m0/s1. The van der Waals surface area contributed by atoms with Gasteiger partial charge >= 0.3 is 0 Å². The maximum atomic E-state index is 11.2. The first-order chi connectivity index (χ1) is 7.41. The minimum atomic E-state index is -1.02. The van der Waals surface area contributed by atoms with Crippen molar-refractivity contribution in [1.82, 2.24) is 0 Å². The number of benzene rings is 1. The molecule has 0 saturated heterocycles. The van der Waals surface area contributed by atoms with Gasteiger partial charge in [0.15, 0.2) is 0 Å². The Morgan fingerprint density at radius 1 is 1.44 bits per heavy atom. The van der Waals surface area contributed by atoms with Gasteiger partial charge in [-0.3, -0.25) is 9.59 Å². The van der Waals surface area contributed by atoms with Gasteiger partial charge in [0, 0.05) is 0 Å². The first-order valence-corrected chi connectivity index (χ1v) is 4.79. The predicted molar refractivity (Wildman–Crippen MR) is 58.7 cm³/mol. The molecule has 86 valence electrons.